The number of nitrogens with one attached hydrogen (secondary N) is 1. The minimum absolute atomic E-state index is 0.286. The van der Waals surface area contributed by atoms with Crippen molar-refractivity contribution in [2.24, 2.45) is 0 Å². The quantitative estimate of drug-likeness (QED) is 0.551. The number of hydrogen-bond donors (Lipinski definition) is 2. The van der Waals surface area contributed by atoms with E-state index in [0.717, 1.165) is 53.0 Å². The van der Waals surface area contributed by atoms with E-state index >= 15 is 0 Å². The lowest BCUT2D eigenvalue weighted by Crippen LogP contribution is -2.15. The first kappa shape index (κ1) is 17.3. The molecule has 21 heavy (non-hydrogen) atoms. The number of rotatable bonds is 10. The monoisotopic (exact) mass is 419 g/mol. The standard InChI is InChI=1S/C16H23Br2NO2/c17-14-9-12(11-19-13-5-6-13)10-15(18)16(14)21-8-4-2-1-3-7-20/h9-10,13,19-20H,1-8,11H2. The molecule has 0 saturated heterocycles. The van der Waals surface area contributed by atoms with E-state index in [1.807, 2.05) is 0 Å². The molecule has 0 unspecified atom stereocenters. The van der Waals surface area contributed by atoms with Crippen LogP contribution in [0.2, 0.25) is 0 Å². The van der Waals surface area contributed by atoms with Gasteiger partial charge in [0.1, 0.15) is 5.75 Å². The summed E-state index contributed by atoms with van der Waals surface area (Å²) < 4.78 is 7.86. The molecule has 1 saturated carbocycles. The Morgan fingerprint density at radius 2 is 1.76 bits per heavy atom. The maximum absolute atomic E-state index is 8.73. The van der Waals surface area contributed by atoms with Crippen LogP contribution in [0.1, 0.15) is 44.1 Å². The SMILES string of the molecule is OCCCCCCOc1c(Br)cc(CNC2CC2)cc1Br. The Labute approximate surface area is 143 Å². The van der Waals surface area contributed by atoms with Crippen molar-refractivity contribution in [1.82, 2.24) is 5.32 Å². The van der Waals surface area contributed by atoms with Crippen molar-refractivity contribution in [3.8, 4) is 5.75 Å². The van der Waals surface area contributed by atoms with Crippen LogP contribution in [0.3, 0.4) is 0 Å². The molecule has 0 spiro atoms. The highest BCUT2D eigenvalue weighted by Gasteiger charge is 2.20. The van der Waals surface area contributed by atoms with Gasteiger partial charge in [-0.15, -0.1) is 0 Å². The Kier molecular flexibility index (Phi) is 7.50. The van der Waals surface area contributed by atoms with Gasteiger partial charge < -0.3 is 15.2 Å². The predicted molar refractivity (Wildman–Crippen MR) is 92.8 cm³/mol. The smallest absolute Gasteiger partial charge is 0.147 e. The molecule has 3 nitrogen and oxygen atoms in total. The Morgan fingerprint density at radius 1 is 1.10 bits per heavy atom. The molecule has 0 atom stereocenters. The molecular formula is C16H23Br2NO2. The second-order valence-electron chi connectivity index (χ2n) is 5.53. The summed E-state index contributed by atoms with van der Waals surface area (Å²) in [5, 5.41) is 12.2. The molecule has 0 bridgehead atoms. The van der Waals surface area contributed by atoms with E-state index < -0.39 is 0 Å². The Balaban J connectivity index is 1.78. The number of aliphatic hydroxyl groups is 1. The number of benzene rings is 1. The van der Waals surface area contributed by atoms with Gasteiger partial charge in [0.25, 0.3) is 0 Å². The lowest BCUT2D eigenvalue weighted by molar-refractivity contribution is 0.272. The Morgan fingerprint density at radius 3 is 2.38 bits per heavy atom. The minimum atomic E-state index is 0.286. The number of ether oxygens (including phenoxy) is 1. The molecule has 5 heteroatoms. The largest absolute Gasteiger partial charge is 0.491 e. The molecule has 118 valence electrons. The lowest BCUT2D eigenvalue weighted by atomic mass is 10.2. The molecule has 1 aliphatic carbocycles. The summed E-state index contributed by atoms with van der Waals surface area (Å²) >= 11 is 7.20. The van der Waals surface area contributed by atoms with E-state index in [-0.39, 0.29) is 6.61 Å². The summed E-state index contributed by atoms with van der Waals surface area (Å²) in [5.41, 5.74) is 1.26. The van der Waals surface area contributed by atoms with E-state index in [4.69, 9.17) is 9.84 Å². The maximum atomic E-state index is 8.73. The van der Waals surface area contributed by atoms with Crippen LogP contribution in [-0.2, 0) is 6.54 Å². The molecule has 0 aromatic heterocycles. The normalized spacial score (nSPS) is 14.4. The van der Waals surface area contributed by atoms with E-state index in [1.54, 1.807) is 0 Å². The predicted octanol–water partition coefficient (Wildman–Crippen LogP) is 4.40. The second kappa shape index (κ2) is 9.13. The molecule has 2 rings (SSSR count). The summed E-state index contributed by atoms with van der Waals surface area (Å²) in [6.07, 6.45) is 6.67. The second-order valence-corrected chi connectivity index (χ2v) is 7.24. The van der Waals surface area contributed by atoms with Gasteiger partial charge in [-0.2, -0.15) is 0 Å². The van der Waals surface area contributed by atoms with Crippen LogP contribution in [0.5, 0.6) is 5.75 Å². The third kappa shape index (κ3) is 6.27. The van der Waals surface area contributed by atoms with Crippen molar-refractivity contribution in [1.29, 1.82) is 0 Å². The highest BCUT2D eigenvalue weighted by molar-refractivity contribution is 9.11. The molecule has 1 aromatic rings. The fourth-order valence-electron chi connectivity index (χ4n) is 2.14. The van der Waals surface area contributed by atoms with Crippen LogP contribution in [0, 0.1) is 0 Å². The number of aliphatic hydroxyl groups excluding tert-OH is 1. The molecule has 1 aromatic carbocycles. The molecule has 0 amide bonds. The minimum Gasteiger partial charge on any atom is -0.491 e. The highest BCUT2D eigenvalue weighted by Crippen LogP contribution is 2.35. The van der Waals surface area contributed by atoms with Crippen molar-refractivity contribution < 1.29 is 9.84 Å². The first-order valence-electron chi connectivity index (χ1n) is 7.65. The van der Waals surface area contributed by atoms with Crippen LogP contribution in [-0.4, -0.2) is 24.4 Å². The number of halogens is 2. The third-order valence-corrected chi connectivity index (χ3v) is 4.71. The van der Waals surface area contributed by atoms with Gasteiger partial charge in [0, 0.05) is 19.2 Å². The number of hydrogen-bond acceptors (Lipinski definition) is 3. The van der Waals surface area contributed by atoms with E-state index in [2.05, 4.69) is 49.3 Å². The van der Waals surface area contributed by atoms with Gasteiger partial charge in [0.2, 0.25) is 0 Å². The van der Waals surface area contributed by atoms with Gasteiger partial charge in [0.05, 0.1) is 15.6 Å². The van der Waals surface area contributed by atoms with E-state index in [1.165, 1.54) is 18.4 Å². The van der Waals surface area contributed by atoms with Gasteiger partial charge in [-0.3, -0.25) is 0 Å². The van der Waals surface area contributed by atoms with Gasteiger partial charge in [-0.25, -0.2) is 0 Å². The van der Waals surface area contributed by atoms with Crippen LogP contribution < -0.4 is 10.1 Å². The van der Waals surface area contributed by atoms with Crippen molar-refractivity contribution in [3.05, 3.63) is 26.6 Å². The first-order valence-corrected chi connectivity index (χ1v) is 9.24. The molecule has 2 N–H and O–H groups in total. The van der Waals surface area contributed by atoms with Crippen LogP contribution in [0.4, 0.5) is 0 Å². The highest BCUT2D eigenvalue weighted by atomic mass is 79.9. The van der Waals surface area contributed by atoms with Gasteiger partial charge in [-0.1, -0.05) is 6.42 Å². The lowest BCUT2D eigenvalue weighted by Gasteiger charge is -2.12. The number of unbranched alkanes of at least 4 members (excludes halogenated alkanes) is 3. The fourth-order valence-corrected chi connectivity index (χ4v) is 3.65. The summed E-state index contributed by atoms with van der Waals surface area (Å²) in [4.78, 5) is 0. The van der Waals surface area contributed by atoms with Gasteiger partial charge in [-0.05, 0) is 81.7 Å². The zero-order chi connectivity index (χ0) is 15.1. The third-order valence-electron chi connectivity index (χ3n) is 3.53. The zero-order valence-electron chi connectivity index (χ0n) is 12.2. The molecule has 0 heterocycles. The summed E-state index contributed by atoms with van der Waals surface area (Å²) in [6, 6.07) is 4.97. The van der Waals surface area contributed by atoms with Crippen molar-refractivity contribution in [2.45, 2.75) is 51.1 Å². The molecular weight excluding hydrogens is 398 g/mol. The van der Waals surface area contributed by atoms with Crippen molar-refractivity contribution >= 4 is 31.9 Å². The average molecular weight is 421 g/mol. The average Bonchev–Trinajstić information content (AvgIpc) is 3.27. The summed E-state index contributed by atoms with van der Waals surface area (Å²) in [7, 11) is 0. The van der Waals surface area contributed by atoms with Crippen molar-refractivity contribution in [3.63, 3.8) is 0 Å². The molecule has 1 fully saturated rings. The van der Waals surface area contributed by atoms with Gasteiger partial charge in [0.15, 0.2) is 0 Å². The van der Waals surface area contributed by atoms with Crippen molar-refractivity contribution in [2.75, 3.05) is 13.2 Å². The first-order chi connectivity index (χ1) is 10.2. The van der Waals surface area contributed by atoms with E-state index in [9.17, 15) is 0 Å². The van der Waals surface area contributed by atoms with E-state index in [0.29, 0.717) is 6.61 Å². The topological polar surface area (TPSA) is 41.5 Å². The summed E-state index contributed by atoms with van der Waals surface area (Å²) in [5.74, 6) is 0.882. The van der Waals surface area contributed by atoms with Crippen LogP contribution in [0.25, 0.3) is 0 Å². The van der Waals surface area contributed by atoms with Gasteiger partial charge >= 0.3 is 0 Å². The Bertz CT molecular complexity index is 427. The summed E-state index contributed by atoms with van der Waals surface area (Å²) in [6.45, 7) is 1.90. The van der Waals surface area contributed by atoms with Crippen LogP contribution >= 0.6 is 31.9 Å². The molecule has 0 radical (unpaired) electrons. The molecule has 0 aliphatic heterocycles. The Hall–Kier alpha value is -0.100. The zero-order valence-corrected chi connectivity index (χ0v) is 15.4. The molecule has 1 aliphatic rings. The maximum Gasteiger partial charge on any atom is 0.147 e. The van der Waals surface area contributed by atoms with Crippen LogP contribution in [0.15, 0.2) is 21.1 Å². The fraction of sp³-hybridized carbons (Fsp3) is 0.625.